The standard InChI is InChI=1S/C19H14F2INO/c20-14-6-8-15(9-7-14)23-17-11-10-16(21)19(18(17)22)24-12-13-4-2-1-3-5-13/h1-11,23H,12H2. The van der Waals surface area contributed by atoms with Crippen molar-refractivity contribution in [2.75, 3.05) is 5.32 Å². The largest absolute Gasteiger partial charge is 0.485 e. The fourth-order valence-corrected chi connectivity index (χ4v) is 2.91. The summed E-state index contributed by atoms with van der Waals surface area (Å²) in [5.41, 5.74) is 2.38. The van der Waals surface area contributed by atoms with Gasteiger partial charge >= 0.3 is 0 Å². The molecule has 0 atom stereocenters. The lowest BCUT2D eigenvalue weighted by molar-refractivity contribution is 0.288. The molecule has 0 bridgehead atoms. The molecule has 0 aliphatic rings. The van der Waals surface area contributed by atoms with E-state index in [0.29, 0.717) is 9.26 Å². The van der Waals surface area contributed by atoms with Gasteiger partial charge in [-0.1, -0.05) is 30.3 Å². The molecule has 24 heavy (non-hydrogen) atoms. The average molecular weight is 437 g/mol. The Morgan fingerprint density at radius 3 is 2.29 bits per heavy atom. The number of hydrogen-bond acceptors (Lipinski definition) is 2. The predicted molar refractivity (Wildman–Crippen MR) is 99.6 cm³/mol. The summed E-state index contributed by atoms with van der Waals surface area (Å²) < 4.78 is 33.4. The summed E-state index contributed by atoms with van der Waals surface area (Å²) in [5, 5.41) is 3.14. The third-order valence-electron chi connectivity index (χ3n) is 3.40. The number of halogens is 3. The molecule has 0 saturated heterocycles. The molecule has 3 rings (SSSR count). The molecule has 0 heterocycles. The summed E-state index contributed by atoms with van der Waals surface area (Å²) in [6.45, 7) is 0.285. The molecule has 2 nitrogen and oxygen atoms in total. The lowest BCUT2D eigenvalue weighted by Crippen LogP contribution is -2.02. The SMILES string of the molecule is Fc1ccc(Nc2ccc(F)c(OCc3ccccc3)c2I)cc1. The third-order valence-corrected chi connectivity index (χ3v) is 4.47. The topological polar surface area (TPSA) is 21.3 Å². The van der Waals surface area contributed by atoms with Gasteiger partial charge in [0.2, 0.25) is 0 Å². The Balaban J connectivity index is 1.80. The van der Waals surface area contributed by atoms with Gasteiger partial charge in [-0.05, 0) is 64.6 Å². The van der Waals surface area contributed by atoms with Crippen molar-refractivity contribution in [1.82, 2.24) is 0 Å². The zero-order chi connectivity index (χ0) is 16.9. The van der Waals surface area contributed by atoms with Gasteiger partial charge in [-0.2, -0.15) is 0 Å². The highest BCUT2D eigenvalue weighted by Crippen LogP contribution is 2.33. The molecule has 0 saturated carbocycles. The number of hydrogen-bond donors (Lipinski definition) is 1. The van der Waals surface area contributed by atoms with Crippen LogP contribution in [-0.4, -0.2) is 0 Å². The first-order valence-electron chi connectivity index (χ1n) is 7.31. The van der Waals surface area contributed by atoms with Gasteiger partial charge in [0.1, 0.15) is 12.4 Å². The quantitative estimate of drug-likeness (QED) is 0.503. The summed E-state index contributed by atoms with van der Waals surface area (Å²) in [6, 6.07) is 18.6. The van der Waals surface area contributed by atoms with E-state index in [-0.39, 0.29) is 18.2 Å². The van der Waals surface area contributed by atoms with Crippen LogP contribution in [0, 0.1) is 15.2 Å². The maximum absolute atomic E-state index is 14.1. The van der Waals surface area contributed by atoms with E-state index in [1.807, 2.05) is 52.9 Å². The Bertz CT molecular complexity index is 823. The van der Waals surface area contributed by atoms with Crippen LogP contribution in [0.3, 0.4) is 0 Å². The second-order valence-electron chi connectivity index (χ2n) is 5.14. The molecule has 0 radical (unpaired) electrons. The van der Waals surface area contributed by atoms with Gasteiger partial charge in [0.25, 0.3) is 0 Å². The fourth-order valence-electron chi connectivity index (χ4n) is 2.18. The zero-order valence-corrected chi connectivity index (χ0v) is 14.8. The van der Waals surface area contributed by atoms with Crippen molar-refractivity contribution in [3.05, 3.63) is 87.5 Å². The molecule has 0 aliphatic heterocycles. The zero-order valence-electron chi connectivity index (χ0n) is 12.6. The molecule has 0 amide bonds. The molecule has 1 N–H and O–H groups in total. The lowest BCUT2D eigenvalue weighted by Gasteiger charge is -2.14. The number of rotatable bonds is 5. The van der Waals surface area contributed by atoms with Crippen molar-refractivity contribution >= 4 is 34.0 Å². The average Bonchev–Trinajstić information content (AvgIpc) is 2.60. The molecular formula is C19H14F2INO. The van der Waals surface area contributed by atoms with Crippen LogP contribution in [0.2, 0.25) is 0 Å². The summed E-state index contributed by atoms with van der Waals surface area (Å²) in [4.78, 5) is 0. The Morgan fingerprint density at radius 2 is 1.58 bits per heavy atom. The minimum atomic E-state index is -0.417. The lowest BCUT2D eigenvalue weighted by atomic mass is 10.2. The first-order chi connectivity index (χ1) is 11.6. The molecule has 3 aromatic rings. The Labute approximate surface area is 152 Å². The normalized spacial score (nSPS) is 10.5. The number of benzene rings is 3. The van der Waals surface area contributed by atoms with E-state index < -0.39 is 5.82 Å². The van der Waals surface area contributed by atoms with Crippen LogP contribution in [0.5, 0.6) is 5.75 Å². The van der Waals surface area contributed by atoms with E-state index in [0.717, 1.165) is 11.3 Å². The maximum Gasteiger partial charge on any atom is 0.170 e. The van der Waals surface area contributed by atoms with Crippen LogP contribution in [-0.2, 0) is 6.61 Å². The maximum atomic E-state index is 14.1. The highest BCUT2D eigenvalue weighted by molar-refractivity contribution is 14.1. The molecular weight excluding hydrogens is 423 g/mol. The van der Waals surface area contributed by atoms with Crippen LogP contribution >= 0.6 is 22.6 Å². The third kappa shape index (κ3) is 4.03. The molecule has 0 spiro atoms. The van der Waals surface area contributed by atoms with Gasteiger partial charge in [0.15, 0.2) is 11.6 Å². The van der Waals surface area contributed by atoms with Crippen molar-refractivity contribution in [3.8, 4) is 5.75 Å². The minimum Gasteiger partial charge on any atom is -0.485 e. The number of nitrogens with one attached hydrogen (secondary N) is 1. The summed E-state index contributed by atoms with van der Waals surface area (Å²) in [6.07, 6.45) is 0. The van der Waals surface area contributed by atoms with Crippen LogP contribution < -0.4 is 10.1 Å². The molecule has 0 fully saturated rings. The van der Waals surface area contributed by atoms with Gasteiger partial charge in [0.05, 0.1) is 9.26 Å². The molecule has 0 aromatic heterocycles. The van der Waals surface area contributed by atoms with Gasteiger partial charge in [-0.3, -0.25) is 0 Å². The summed E-state index contributed by atoms with van der Waals surface area (Å²) >= 11 is 2.04. The van der Waals surface area contributed by atoms with Crippen LogP contribution in [0.1, 0.15) is 5.56 Å². The minimum absolute atomic E-state index is 0.201. The van der Waals surface area contributed by atoms with E-state index in [2.05, 4.69) is 5.32 Å². The monoisotopic (exact) mass is 437 g/mol. The van der Waals surface area contributed by atoms with E-state index in [1.54, 1.807) is 18.2 Å². The Kier molecular flexibility index (Phi) is 5.30. The van der Waals surface area contributed by atoms with Crippen molar-refractivity contribution in [2.24, 2.45) is 0 Å². The van der Waals surface area contributed by atoms with Gasteiger partial charge in [-0.25, -0.2) is 8.78 Å². The number of ether oxygens (including phenoxy) is 1. The highest BCUT2D eigenvalue weighted by Gasteiger charge is 2.13. The first kappa shape index (κ1) is 16.7. The Hall–Kier alpha value is -2.15. The van der Waals surface area contributed by atoms with E-state index in [4.69, 9.17) is 4.74 Å². The van der Waals surface area contributed by atoms with Crippen LogP contribution in [0.4, 0.5) is 20.2 Å². The fraction of sp³-hybridized carbons (Fsp3) is 0.0526. The van der Waals surface area contributed by atoms with Crippen molar-refractivity contribution in [3.63, 3.8) is 0 Å². The molecule has 0 unspecified atom stereocenters. The van der Waals surface area contributed by atoms with E-state index in [1.165, 1.54) is 18.2 Å². The second kappa shape index (κ2) is 7.61. The molecule has 0 aliphatic carbocycles. The van der Waals surface area contributed by atoms with E-state index >= 15 is 0 Å². The molecule has 5 heteroatoms. The first-order valence-corrected chi connectivity index (χ1v) is 8.38. The summed E-state index contributed by atoms with van der Waals surface area (Å²) in [7, 11) is 0. The van der Waals surface area contributed by atoms with Gasteiger partial charge in [0, 0.05) is 5.69 Å². The van der Waals surface area contributed by atoms with Crippen LogP contribution in [0.15, 0.2) is 66.7 Å². The second-order valence-corrected chi connectivity index (χ2v) is 6.22. The van der Waals surface area contributed by atoms with E-state index in [9.17, 15) is 8.78 Å². The highest BCUT2D eigenvalue weighted by atomic mass is 127. The van der Waals surface area contributed by atoms with Crippen molar-refractivity contribution < 1.29 is 13.5 Å². The molecule has 3 aromatic carbocycles. The predicted octanol–water partition coefficient (Wildman–Crippen LogP) is 5.89. The van der Waals surface area contributed by atoms with Gasteiger partial charge in [-0.15, -0.1) is 0 Å². The van der Waals surface area contributed by atoms with Gasteiger partial charge < -0.3 is 10.1 Å². The number of anilines is 2. The Morgan fingerprint density at radius 1 is 0.875 bits per heavy atom. The van der Waals surface area contributed by atoms with Crippen molar-refractivity contribution in [1.29, 1.82) is 0 Å². The summed E-state index contributed by atoms with van der Waals surface area (Å²) in [5.74, 6) is -0.521. The van der Waals surface area contributed by atoms with Crippen LogP contribution in [0.25, 0.3) is 0 Å². The smallest absolute Gasteiger partial charge is 0.170 e. The molecule has 122 valence electrons. The van der Waals surface area contributed by atoms with Crippen molar-refractivity contribution in [2.45, 2.75) is 6.61 Å².